The lowest BCUT2D eigenvalue weighted by Gasteiger charge is -2.47. The molecule has 1 saturated heterocycles. The lowest BCUT2D eigenvalue weighted by atomic mass is 10.1. The fourth-order valence-electron chi connectivity index (χ4n) is 4.15. The van der Waals surface area contributed by atoms with E-state index in [1.165, 1.54) is 0 Å². The summed E-state index contributed by atoms with van der Waals surface area (Å²) in [4.78, 5) is 24.9. The van der Waals surface area contributed by atoms with Crippen LogP contribution in [0.2, 0.25) is 5.02 Å². The summed E-state index contributed by atoms with van der Waals surface area (Å²) in [6.45, 7) is 2.96. The zero-order chi connectivity index (χ0) is 21.1. The van der Waals surface area contributed by atoms with E-state index in [0.717, 1.165) is 16.9 Å². The summed E-state index contributed by atoms with van der Waals surface area (Å²) >= 11 is 6.12. The normalized spacial score (nSPS) is 16.5. The van der Waals surface area contributed by atoms with Crippen LogP contribution in [0.1, 0.15) is 24.6 Å². The fourth-order valence-corrected chi connectivity index (χ4v) is 7.99. The third kappa shape index (κ3) is 3.96. The molecule has 1 radical (unpaired) electrons. The first kappa shape index (κ1) is 20.9. The van der Waals surface area contributed by atoms with Crippen molar-refractivity contribution in [1.82, 2.24) is 0 Å². The van der Waals surface area contributed by atoms with Gasteiger partial charge in [-0.25, -0.2) is 0 Å². The van der Waals surface area contributed by atoms with Gasteiger partial charge < -0.3 is 14.2 Å². The zero-order valence-electron chi connectivity index (χ0n) is 16.9. The van der Waals surface area contributed by atoms with Crippen molar-refractivity contribution >= 4 is 36.5 Å². The minimum Gasteiger partial charge on any atom is -0.345 e. The summed E-state index contributed by atoms with van der Waals surface area (Å²) in [6.07, 6.45) is 0.262. The van der Waals surface area contributed by atoms with E-state index in [-0.39, 0.29) is 17.9 Å². The number of halogens is 1. The molecule has 1 unspecified atom stereocenters. The second kappa shape index (κ2) is 8.77. The first-order valence-electron chi connectivity index (χ1n) is 10.0. The number of Topliss-reactive ketones (excluding diaryl/α,β-unsaturated/α-hetero) is 1. The van der Waals surface area contributed by atoms with Crippen LogP contribution in [0.5, 0.6) is 0 Å². The monoisotopic (exact) mass is 439 g/mol. The van der Waals surface area contributed by atoms with Crippen molar-refractivity contribution in [2.24, 2.45) is 0 Å². The highest BCUT2D eigenvalue weighted by Crippen LogP contribution is 2.76. The number of para-hydroxylation sites is 2. The van der Waals surface area contributed by atoms with Crippen molar-refractivity contribution in [1.29, 1.82) is 0 Å². The van der Waals surface area contributed by atoms with Gasteiger partial charge in [0.2, 0.25) is 0 Å². The van der Waals surface area contributed by atoms with Crippen molar-refractivity contribution in [2.75, 3.05) is 22.4 Å². The Labute approximate surface area is 183 Å². The highest BCUT2D eigenvalue weighted by Gasteiger charge is 2.51. The van der Waals surface area contributed by atoms with Crippen LogP contribution in [-0.4, -0.2) is 23.8 Å². The Morgan fingerprint density at radius 1 is 0.900 bits per heavy atom. The van der Waals surface area contributed by atoms with Crippen LogP contribution >= 0.6 is 19.4 Å². The molecule has 6 heteroatoms. The van der Waals surface area contributed by atoms with Gasteiger partial charge in [0.1, 0.15) is 5.78 Å². The SMILES string of the molecule is CC(=O)CC(c1ccc(Cl)cc1)[P]1(O)N(c2ccccc2)CCN1c1ccccc1. The van der Waals surface area contributed by atoms with Gasteiger partial charge in [0.25, 0.3) is 0 Å². The summed E-state index contributed by atoms with van der Waals surface area (Å²) in [5.74, 6) is 0.0521. The van der Waals surface area contributed by atoms with Gasteiger partial charge in [0.15, 0.2) is 7.79 Å². The van der Waals surface area contributed by atoms with E-state index in [0.29, 0.717) is 18.1 Å². The Balaban J connectivity index is 1.88. The number of anilines is 2. The maximum Gasteiger partial charge on any atom is 0.169 e. The second-order valence-corrected chi connectivity index (χ2v) is 10.8. The number of nitrogens with zero attached hydrogens (tertiary/aromatic N) is 2. The van der Waals surface area contributed by atoms with Crippen LogP contribution in [0, 0.1) is 0 Å². The molecule has 3 aromatic carbocycles. The summed E-state index contributed by atoms with van der Waals surface area (Å²) in [5.41, 5.74) is 2.51. The van der Waals surface area contributed by atoms with E-state index in [4.69, 9.17) is 11.6 Å². The Hall–Kier alpha value is -2.39. The highest BCUT2D eigenvalue weighted by atomic mass is 35.5. The molecule has 1 atom stereocenters. The molecule has 4 rings (SSSR count). The number of hydrogen-bond donors (Lipinski definition) is 1. The fraction of sp³-hybridized carbons (Fsp3) is 0.208. The number of benzene rings is 3. The Kier molecular flexibility index (Phi) is 6.10. The van der Waals surface area contributed by atoms with Crippen LogP contribution in [0.3, 0.4) is 0 Å². The molecule has 1 heterocycles. The number of ketones is 1. The summed E-state index contributed by atoms with van der Waals surface area (Å²) in [7, 11) is -2.98. The van der Waals surface area contributed by atoms with Crippen molar-refractivity contribution in [3.8, 4) is 0 Å². The highest BCUT2D eigenvalue weighted by molar-refractivity contribution is 7.74. The third-order valence-electron chi connectivity index (χ3n) is 5.50. The van der Waals surface area contributed by atoms with Crippen molar-refractivity contribution in [3.05, 3.63) is 95.5 Å². The molecule has 155 valence electrons. The van der Waals surface area contributed by atoms with Crippen LogP contribution in [0.4, 0.5) is 11.4 Å². The molecule has 4 nitrogen and oxygen atoms in total. The van der Waals surface area contributed by atoms with Gasteiger partial charge in [-0.15, -0.1) is 0 Å². The van der Waals surface area contributed by atoms with Gasteiger partial charge in [0.05, 0.1) is 5.66 Å². The van der Waals surface area contributed by atoms with Crippen LogP contribution in [0.15, 0.2) is 84.9 Å². The first-order valence-corrected chi connectivity index (χ1v) is 12.1. The lowest BCUT2D eigenvalue weighted by Crippen LogP contribution is -2.30. The summed E-state index contributed by atoms with van der Waals surface area (Å²) < 4.78 is 4.23. The number of rotatable bonds is 6. The average molecular weight is 440 g/mol. The van der Waals surface area contributed by atoms with E-state index in [2.05, 4.69) is 9.34 Å². The molecule has 0 amide bonds. The molecule has 0 saturated carbocycles. The Morgan fingerprint density at radius 3 is 1.80 bits per heavy atom. The predicted molar refractivity (Wildman–Crippen MR) is 126 cm³/mol. The molecule has 1 aliphatic heterocycles. The van der Waals surface area contributed by atoms with E-state index < -0.39 is 7.79 Å². The van der Waals surface area contributed by atoms with Crippen LogP contribution in [0.25, 0.3) is 0 Å². The van der Waals surface area contributed by atoms with E-state index >= 15 is 0 Å². The second-order valence-electron chi connectivity index (χ2n) is 7.51. The standard InChI is InChI=1S/C24H25ClN2O2P/c1-19(28)18-24(20-12-14-21(25)15-13-20)30(29)26(22-8-4-2-5-9-22)16-17-27(30)23-10-6-3-7-11-23/h2-15,24,29H,16-18H2,1H3. The maximum absolute atomic E-state index is 12.5. The first-order chi connectivity index (χ1) is 14.5. The van der Waals surface area contributed by atoms with Crippen molar-refractivity contribution < 1.29 is 9.69 Å². The molecule has 0 aliphatic carbocycles. The average Bonchev–Trinajstić information content (AvgIpc) is 3.12. The van der Waals surface area contributed by atoms with Crippen LogP contribution in [-0.2, 0) is 4.79 Å². The van der Waals surface area contributed by atoms with Gasteiger partial charge in [-0.3, -0.25) is 4.79 Å². The molecule has 0 bridgehead atoms. The Morgan fingerprint density at radius 2 is 1.37 bits per heavy atom. The summed E-state index contributed by atoms with van der Waals surface area (Å²) in [5, 5.41) is 0.636. The number of hydrogen-bond acceptors (Lipinski definition) is 4. The molecule has 0 spiro atoms. The van der Waals surface area contributed by atoms with Crippen molar-refractivity contribution in [2.45, 2.75) is 19.0 Å². The molecular formula is C24H25ClN2O2P. The molecule has 3 aromatic rings. The van der Waals surface area contributed by atoms with Gasteiger partial charge in [0, 0.05) is 35.9 Å². The summed E-state index contributed by atoms with van der Waals surface area (Å²) in [6, 6.07) is 27.4. The van der Waals surface area contributed by atoms with E-state index in [1.54, 1.807) is 6.92 Å². The maximum atomic E-state index is 12.5. The topological polar surface area (TPSA) is 43.8 Å². The molecule has 1 aliphatic rings. The van der Waals surface area contributed by atoms with Crippen LogP contribution < -0.4 is 9.34 Å². The predicted octanol–water partition coefficient (Wildman–Crippen LogP) is 6.14. The molecule has 1 fully saturated rings. The van der Waals surface area contributed by atoms with Gasteiger partial charge in [-0.2, -0.15) is 0 Å². The van der Waals surface area contributed by atoms with Gasteiger partial charge in [-0.05, 0) is 48.9 Å². The number of carbonyl (C=O) groups is 1. The molecule has 0 aromatic heterocycles. The molecule has 30 heavy (non-hydrogen) atoms. The smallest absolute Gasteiger partial charge is 0.169 e. The molecule has 1 N–H and O–H groups in total. The van der Waals surface area contributed by atoms with E-state index in [1.807, 2.05) is 84.9 Å². The Bertz CT molecular complexity index is 951. The lowest BCUT2D eigenvalue weighted by molar-refractivity contribution is -0.117. The molecular weight excluding hydrogens is 415 g/mol. The van der Waals surface area contributed by atoms with Gasteiger partial charge >= 0.3 is 0 Å². The number of carbonyl (C=O) groups excluding carboxylic acids is 1. The minimum atomic E-state index is -2.98. The van der Waals surface area contributed by atoms with Gasteiger partial charge in [-0.1, -0.05) is 60.1 Å². The van der Waals surface area contributed by atoms with Crippen molar-refractivity contribution in [3.63, 3.8) is 0 Å². The quantitative estimate of drug-likeness (QED) is 0.468. The third-order valence-corrected chi connectivity index (χ3v) is 9.35. The van der Waals surface area contributed by atoms with E-state index in [9.17, 15) is 9.69 Å². The minimum absolute atomic E-state index is 0.0521. The zero-order valence-corrected chi connectivity index (χ0v) is 18.5. The largest absolute Gasteiger partial charge is 0.345 e.